The minimum absolute atomic E-state index is 0.0398. The quantitative estimate of drug-likeness (QED) is 0.0197. The predicted molar refractivity (Wildman–Crippen MR) is 253 cm³/mol. The van der Waals surface area contributed by atoms with Gasteiger partial charge in [-0.1, -0.05) is 206 Å². The molecule has 4 N–H and O–H groups in total. The van der Waals surface area contributed by atoms with Crippen molar-refractivity contribution in [1.29, 1.82) is 0 Å². The fourth-order valence-electron chi connectivity index (χ4n) is 8.20. The molecule has 1 aliphatic heterocycles. The molecule has 13 heteroatoms. The molecule has 374 valence electrons. The predicted octanol–water partition coefficient (Wildman–Crippen LogP) is 11.8. The van der Waals surface area contributed by atoms with Crippen LogP contribution < -0.4 is 0 Å². The molecule has 1 heterocycles. The Morgan fingerprint density at radius 3 is 1.43 bits per heavy atom. The van der Waals surface area contributed by atoms with Crippen LogP contribution in [-0.2, 0) is 38.3 Å². The average molecular weight is 921 g/mol. The van der Waals surface area contributed by atoms with Gasteiger partial charge in [-0.25, -0.2) is 4.18 Å². The SMILES string of the molecule is CCCCCCCC/C=C\CCCCCCCCCCOCC(COC1OC(CO)C(O)C(OS(=O)(=O)O)C1O)OC(=O)CCCCCCCCCCCCCCCCCCCC. The molecule has 0 spiro atoms. The van der Waals surface area contributed by atoms with Crippen molar-refractivity contribution in [2.24, 2.45) is 0 Å². The molecular formula is C50H96O12S. The van der Waals surface area contributed by atoms with Crippen LogP contribution in [-0.4, -0.2) is 97.5 Å². The fraction of sp³-hybridized carbons (Fsp3) is 0.940. The summed E-state index contributed by atoms with van der Waals surface area (Å²) in [6, 6.07) is 0. The van der Waals surface area contributed by atoms with Crippen LogP contribution in [0.15, 0.2) is 12.2 Å². The molecule has 63 heavy (non-hydrogen) atoms. The van der Waals surface area contributed by atoms with E-state index >= 15 is 0 Å². The molecule has 12 nitrogen and oxygen atoms in total. The molecule has 1 aliphatic rings. The monoisotopic (exact) mass is 921 g/mol. The molecule has 0 saturated carbocycles. The maximum absolute atomic E-state index is 12.9. The summed E-state index contributed by atoms with van der Waals surface area (Å²) < 4.78 is 59.3. The smallest absolute Gasteiger partial charge is 0.397 e. The molecule has 1 rings (SSSR count). The van der Waals surface area contributed by atoms with Crippen molar-refractivity contribution in [1.82, 2.24) is 0 Å². The molecule has 0 amide bonds. The summed E-state index contributed by atoms with van der Waals surface area (Å²) in [7, 11) is -5.06. The minimum Gasteiger partial charge on any atom is -0.457 e. The Labute approximate surface area is 385 Å². The molecule has 0 aromatic rings. The van der Waals surface area contributed by atoms with Gasteiger partial charge in [0, 0.05) is 13.0 Å². The number of rotatable bonds is 46. The first-order chi connectivity index (χ1) is 30.6. The van der Waals surface area contributed by atoms with Crippen molar-refractivity contribution in [2.45, 2.75) is 275 Å². The van der Waals surface area contributed by atoms with Gasteiger partial charge in [0.1, 0.15) is 30.5 Å². The minimum atomic E-state index is -5.06. The van der Waals surface area contributed by atoms with E-state index in [-0.39, 0.29) is 19.6 Å². The van der Waals surface area contributed by atoms with Crippen LogP contribution in [0.4, 0.5) is 0 Å². The van der Waals surface area contributed by atoms with Crippen molar-refractivity contribution in [3.63, 3.8) is 0 Å². The highest BCUT2D eigenvalue weighted by molar-refractivity contribution is 7.80. The Bertz CT molecular complexity index is 1150. The lowest BCUT2D eigenvalue weighted by Crippen LogP contribution is -2.60. The number of aliphatic hydroxyl groups excluding tert-OH is 3. The molecule has 0 aromatic carbocycles. The lowest BCUT2D eigenvalue weighted by Gasteiger charge is -2.41. The van der Waals surface area contributed by atoms with E-state index in [1.807, 2.05) is 0 Å². The molecule has 0 radical (unpaired) electrons. The Balaban J connectivity index is 2.35. The van der Waals surface area contributed by atoms with Crippen molar-refractivity contribution in [3.05, 3.63) is 12.2 Å². The zero-order valence-corrected chi connectivity index (χ0v) is 41.0. The third-order valence-electron chi connectivity index (χ3n) is 12.1. The first kappa shape index (κ1) is 59.9. The number of carbonyl (C=O) groups excluding carboxylic acids is 1. The molecule has 1 saturated heterocycles. The Morgan fingerprint density at radius 2 is 1.00 bits per heavy atom. The zero-order chi connectivity index (χ0) is 46.1. The van der Waals surface area contributed by atoms with E-state index in [0.717, 1.165) is 38.5 Å². The zero-order valence-electron chi connectivity index (χ0n) is 40.2. The molecule has 1 fully saturated rings. The van der Waals surface area contributed by atoms with Gasteiger partial charge >= 0.3 is 16.4 Å². The van der Waals surface area contributed by atoms with Crippen LogP contribution in [0.25, 0.3) is 0 Å². The second-order valence-corrected chi connectivity index (χ2v) is 19.2. The van der Waals surface area contributed by atoms with Gasteiger partial charge in [-0.2, -0.15) is 8.42 Å². The number of allylic oxidation sites excluding steroid dienone is 2. The van der Waals surface area contributed by atoms with Crippen LogP contribution in [0.1, 0.15) is 239 Å². The molecule has 6 unspecified atom stereocenters. The average Bonchev–Trinajstić information content (AvgIpc) is 3.26. The number of unbranched alkanes of at least 4 members (excludes halogenated alkanes) is 31. The number of carbonyl (C=O) groups is 1. The van der Waals surface area contributed by atoms with Gasteiger partial charge in [0.15, 0.2) is 6.29 Å². The van der Waals surface area contributed by atoms with Crippen molar-refractivity contribution < 1.29 is 56.2 Å². The maximum Gasteiger partial charge on any atom is 0.397 e. The van der Waals surface area contributed by atoms with Gasteiger partial charge in [0.2, 0.25) is 0 Å². The molecule has 0 aromatic heterocycles. The standard InChI is InChI=1S/C50H96O12S/c1-3-5-7-9-11-13-15-17-19-21-23-25-27-29-31-33-35-37-39-46(52)60-44(43-59-50-48(54)49(62-63(55,56)57)47(53)45(41-51)61-50)42-58-40-38-36-34-32-30-28-26-24-22-20-18-16-14-12-10-8-6-4-2/h18,20,44-45,47-51,53-54H,3-17,19,21-43H2,1-2H3,(H,55,56,57)/b20-18-. The highest BCUT2D eigenvalue weighted by atomic mass is 32.3. The fourth-order valence-corrected chi connectivity index (χ4v) is 8.71. The van der Waals surface area contributed by atoms with E-state index in [1.54, 1.807) is 0 Å². The number of ether oxygens (including phenoxy) is 4. The van der Waals surface area contributed by atoms with Crippen molar-refractivity contribution >= 4 is 16.4 Å². The third-order valence-corrected chi connectivity index (χ3v) is 12.6. The van der Waals surface area contributed by atoms with Crippen LogP contribution in [0.3, 0.4) is 0 Å². The van der Waals surface area contributed by atoms with Crippen molar-refractivity contribution in [2.75, 3.05) is 26.4 Å². The molecule has 6 atom stereocenters. The van der Waals surface area contributed by atoms with Crippen LogP contribution in [0.2, 0.25) is 0 Å². The summed E-state index contributed by atoms with van der Waals surface area (Å²) >= 11 is 0. The van der Waals surface area contributed by atoms with E-state index in [4.69, 9.17) is 18.9 Å². The summed E-state index contributed by atoms with van der Waals surface area (Å²) in [6.45, 7) is 4.03. The van der Waals surface area contributed by atoms with Crippen LogP contribution in [0.5, 0.6) is 0 Å². The highest BCUT2D eigenvalue weighted by Gasteiger charge is 2.48. The van der Waals surface area contributed by atoms with Gasteiger partial charge < -0.3 is 34.3 Å². The number of hydrogen-bond donors (Lipinski definition) is 4. The lowest BCUT2D eigenvalue weighted by atomic mass is 9.99. The first-order valence-electron chi connectivity index (χ1n) is 25.9. The summed E-state index contributed by atoms with van der Waals surface area (Å²) in [5.74, 6) is -0.394. The number of aliphatic hydroxyl groups is 3. The van der Waals surface area contributed by atoms with E-state index in [2.05, 4.69) is 30.2 Å². The Kier molecular flexibility index (Phi) is 40.1. The first-order valence-corrected chi connectivity index (χ1v) is 27.3. The second-order valence-electron chi connectivity index (χ2n) is 18.1. The Morgan fingerprint density at radius 1 is 0.587 bits per heavy atom. The van der Waals surface area contributed by atoms with E-state index in [1.165, 1.54) is 173 Å². The lowest BCUT2D eigenvalue weighted by molar-refractivity contribution is -0.301. The van der Waals surface area contributed by atoms with Gasteiger partial charge in [0.05, 0.1) is 19.8 Å². The Hall–Kier alpha value is -1.16. The summed E-state index contributed by atoms with van der Waals surface area (Å²) in [5.41, 5.74) is 0. The number of esters is 1. The largest absolute Gasteiger partial charge is 0.457 e. The van der Waals surface area contributed by atoms with Crippen LogP contribution in [0, 0.1) is 0 Å². The topological polar surface area (TPSA) is 178 Å². The number of hydrogen-bond acceptors (Lipinski definition) is 11. The van der Waals surface area contributed by atoms with Crippen molar-refractivity contribution in [3.8, 4) is 0 Å². The molecular weight excluding hydrogens is 825 g/mol. The normalized spacial score (nSPS) is 19.9. The van der Waals surface area contributed by atoms with Gasteiger partial charge in [-0.15, -0.1) is 0 Å². The summed E-state index contributed by atoms with van der Waals surface area (Å²) in [6.07, 6.45) is 38.1. The maximum atomic E-state index is 12.9. The van der Waals surface area contributed by atoms with Gasteiger partial charge in [-0.3, -0.25) is 9.35 Å². The van der Waals surface area contributed by atoms with E-state index in [9.17, 15) is 33.1 Å². The van der Waals surface area contributed by atoms with E-state index in [0.29, 0.717) is 13.0 Å². The van der Waals surface area contributed by atoms with Crippen LogP contribution >= 0.6 is 0 Å². The van der Waals surface area contributed by atoms with E-state index < -0.39 is 59.8 Å². The van der Waals surface area contributed by atoms with Gasteiger partial charge in [0.25, 0.3) is 0 Å². The summed E-state index contributed by atoms with van der Waals surface area (Å²) in [5, 5.41) is 30.7. The second kappa shape index (κ2) is 42.2. The highest BCUT2D eigenvalue weighted by Crippen LogP contribution is 2.26. The summed E-state index contributed by atoms with van der Waals surface area (Å²) in [4.78, 5) is 12.9. The van der Waals surface area contributed by atoms with Gasteiger partial charge in [-0.05, 0) is 38.5 Å². The molecule has 0 aliphatic carbocycles. The molecule has 0 bridgehead atoms. The third kappa shape index (κ3) is 35.7.